The van der Waals surface area contributed by atoms with E-state index in [1.165, 1.54) is 55.2 Å². The summed E-state index contributed by atoms with van der Waals surface area (Å²) >= 11 is 0. The van der Waals surface area contributed by atoms with Crippen LogP contribution in [-0.2, 0) is 0 Å². The molecule has 8 aromatic rings. The number of fused-ring (bicyclic) bond motifs is 6. The molecule has 0 radical (unpaired) electrons. The molecular weight excluding hydrogens is 556 g/mol. The van der Waals surface area contributed by atoms with Crippen molar-refractivity contribution in [2.24, 2.45) is 0 Å². The zero-order valence-corrected chi connectivity index (χ0v) is 25.1. The van der Waals surface area contributed by atoms with E-state index in [1.54, 1.807) is 0 Å². The average molecular weight is 585 g/mol. The molecule has 1 aromatic heterocycles. The van der Waals surface area contributed by atoms with Crippen molar-refractivity contribution in [2.45, 2.75) is 5.92 Å². The molecule has 9 rings (SSSR count). The normalized spacial score (nSPS) is 12.2. The van der Waals surface area contributed by atoms with Gasteiger partial charge in [-0.25, -0.2) is 0 Å². The van der Waals surface area contributed by atoms with Crippen molar-refractivity contribution in [2.75, 3.05) is 0 Å². The maximum absolute atomic E-state index is 10.0. The van der Waals surface area contributed by atoms with E-state index >= 15 is 0 Å². The first-order valence-corrected chi connectivity index (χ1v) is 15.7. The van der Waals surface area contributed by atoms with E-state index in [1.807, 2.05) is 24.3 Å². The summed E-state index contributed by atoms with van der Waals surface area (Å²) in [6.45, 7) is 0. The zero-order chi connectivity index (χ0) is 30.6. The summed E-state index contributed by atoms with van der Waals surface area (Å²) in [4.78, 5) is 0. The number of hydrogen-bond donors (Lipinski definition) is 0. The van der Waals surface area contributed by atoms with Crippen LogP contribution >= 0.6 is 0 Å². The first kappa shape index (κ1) is 26.3. The van der Waals surface area contributed by atoms with Crippen molar-refractivity contribution >= 4 is 21.8 Å². The van der Waals surface area contributed by atoms with Crippen LogP contribution in [0, 0.1) is 11.3 Å². The van der Waals surface area contributed by atoms with Gasteiger partial charge < -0.3 is 4.57 Å². The molecule has 0 unspecified atom stereocenters. The van der Waals surface area contributed by atoms with Crippen LogP contribution in [0.2, 0.25) is 0 Å². The van der Waals surface area contributed by atoms with E-state index in [0.29, 0.717) is 5.56 Å². The van der Waals surface area contributed by atoms with Crippen molar-refractivity contribution in [3.05, 3.63) is 186 Å². The Morgan fingerprint density at radius 2 is 0.891 bits per heavy atom. The first-order valence-electron chi connectivity index (χ1n) is 15.7. The number of hydrogen-bond acceptors (Lipinski definition) is 1. The highest BCUT2D eigenvalue weighted by molar-refractivity contribution is 6.10. The molecule has 46 heavy (non-hydrogen) atoms. The molecule has 1 heterocycles. The molecule has 0 bridgehead atoms. The van der Waals surface area contributed by atoms with Crippen molar-refractivity contribution in [3.63, 3.8) is 0 Å². The molecule has 1 aliphatic rings. The summed E-state index contributed by atoms with van der Waals surface area (Å²) in [5.74, 6) is 0.102. The number of aromatic nitrogens is 1. The summed E-state index contributed by atoms with van der Waals surface area (Å²) < 4.78 is 2.41. The van der Waals surface area contributed by atoms with Gasteiger partial charge in [-0.1, -0.05) is 133 Å². The van der Waals surface area contributed by atoms with Crippen molar-refractivity contribution < 1.29 is 0 Å². The number of nitriles is 1. The Kier molecular flexibility index (Phi) is 5.98. The Balaban J connectivity index is 1.37. The first-order chi connectivity index (χ1) is 22.8. The maximum Gasteiger partial charge on any atom is 0.0998 e. The third kappa shape index (κ3) is 3.89. The van der Waals surface area contributed by atoms with E-state index in [0.717, 1.165) is 22.4 Å². The van der Waals surface area contributed by atoms with Crippen molar-refractivity contribution in [1.82, 2.24) is 4.57 Å². The van der Waals surface area contributed by atoms with Gasteiger partial charge in [-0.2, -0.15) is 5.26 Å². The van der Waals surface area contributed by atoms with Crippen molar-refractivity contribution in [1.29, 1.82) is 5.26 Å². The fourth-order valence-corrected chi connectivity index (χ4v) is 7.61. The molecule has 0 saturated carbocycles. The molecule has 0 spiro atoms. The van der Waals surface area contributed by atoms with Crippen LogP contribution in [0.4, 0.5) is 0 Å². The van der Waals surface area contributed by atoms with Gasteiger partial charge in [0, 0.05) is 22.3 Å². The third-order valence-electron chi connectivity index (χ3n) is 9.57. The molecule has 214 valence electrons. The Hall–Kier alpha value is -6.17. The van der Waals surface area contributed by atoms with E-state index in [4.69, 9.17) is 0 Å². The quantitative estimate of drug-likeness (QED) is 0.202. The predicted octanol–water partition coefficient (Wildman–Crippen LogP) is 11.1. The molecule has 0 amide bonds. The van der Waals surface area contributed by atoms with Gasteiger partial charge in [0.15, 0.2) is 0 Å². The van der Waals surface area contributed by atoms with Gasteiger partial charge in [-0.15, -0.1) is 0 Å². The number of para-hydroxylation sites is 2. The topological polar surface area (TPSA) is 28.7 Å². The summed E-state index contributed by atoms with van der Waals surface area (Å²) in [5, 5.41) is 12.5. The average Bonchev–Trinajstić information content (AvgIpc) is 3.64. The highest BCUT2D eigenvalue weighted by atomic mass is 15.0. The Labute approximate surface area is 268 Å². The molecular formula is C44H28N2. The second kappa shape index (κ2) is 10.5. The summed E-state index contributed by atoms with van der Waals surface area (Å²) in [6.07, 6.45) is 0. The fraction of sp³-hybridized carbons (Fsp3) is 0.0227. The van der Waals surface area contributed by atoms with Crippen LogP contribution in [0.5, 0.6) is 0 Å². The minimum Gasteiger partial charge on any atom is -0.309 e. The molecule has 0 atom stereocenters. The van der Waals surface area contributed by atoms with E-state index in [9.17, 15) is 5.26 Å². The molecule has 7 aromatic carbocycles. The molecule has 2 heteroatoms. The predicted molar refractivity (Wildman–Crippen MR) is 189 cm³/mol. The molecule has 0 saturated heterocycles. The zero-order valence-electron chi connectivity index (χ0n) is 25.1. The minimum absolute atomic E-state index is 0.102. The van der Waals surface area contributed by atoms with Gasteiger partial charge in [-0.05, 0) is 74.8 Å². The van der Waals surface area contributed by atoms with Gasteiger partial charge in [0.1, 0.15) is 0 Å². The third-order valence-corrected chi connectivity index (χ3v) is 9.57. The van der Waals surface area contributed by atoms with Gasteiger partial charge in [-0.3, -0.25) is 0 Å². The summed E-state index contributed by atoms with van der Waals surface area (Å²) in [7, 11) is 0. The van der Waals surface area contributed by atoms with Gasteiger partial charge in [0.25, 0.3) is 0 Å². The van der Waals surface area contributed by atoms with E-state index in [2.05, 4.69) is 150 Å². The largest absolute Gasteiger partial charge is 0.309 e. The maximum atomic E-state index is 10.0. The SMILES string of the molecule is N#Cc1ccccc1-c1ccc(-n2c3ccccc3c3ccccc32)c(-c2ccccc2C2c3ccccc3-c3ccccc32)c1. The number of benzene rings is 7. The monoisotopic (exact) mass is 584 g/mol. The van der Waals surface area contributed by atoms with Crippen molar-refractivity contribution in [3.8, 4) is 45.1 Å². The molecule has 2 nitrogen and oxygen atoms in total. The van der Waals surface area contributed by atoms with Gasteiger partial charge in [0.05, 0.1) is 28.4 Å². The lowest BCUT2D eigenvalue weighted by Crippen LogP contribution is -2.04. The van der Waals surface area contributed by atoms with Crippen LogP contribution < -0.4 is 0 Å². The Morgan fingerprint density at radius 3 is 1.46 bits per heavy atom. The lowest BCUT2D eigenvalue weighted by Gasteiger charge is -2.22. The molecule has 0 fully saturated rings. The highest BCUT2D eigenvalue weighted by Crippen LogP contribution is 2.50. The Bertz CT molecular complexity index is 2410. The van der Waals surface area contributed by atoms with Crippen LogP contribution in [0.25, 0.3) is 60.9 Å². The smallest absolute Gasteiger partial charge is 0.0998 e. The molecule has 0 aliphatic heterocycles. The van der Waals surface area contributed by atoms with E-state index < -0.39 is 0 Å². The lowest BCUT2D eigenvalue weighted by molar-refractivity contribution is 1.02. The Morgan fingerprint density at radius 1 is 0.435 bits per heavy atom. The van der Waals surface area contributed by atoms with Crippen LogP contribution in [0.15, 0.2) is 164 Å². The van der Waals surface area contributed by atoms with Crippen LogP contribution in [0.3, 0.4) is 0 Å². The van der Waals surface area contributed by atoms with E-state index in [-0.39, 0.29) is 5.92 Å². The standard InChI is InChI=1S/C44H28N2/c45-28-30-13-1-2-14-31(30)29-25-26-43(46-41-23-11-9-18-35(41)36-19-10-12-24-42(36)46)40(27-29)34-17-5-8-22-39(34)44-37-20-6-3-15-32(37)33-16-4-7-21-38(33)44/h1-27,44H. The van der Waals surface area contributed by atoms with Crippen LogP contribution in [0.1, 0.15) is 28.2 Å². The highest BCUT2D eigenvalue weighted by Gasteiger charge is 2.31. The number of nitrogens with zero attached hydrogens (tertiary/aromatic N) is 2. The second-order valence-electron chi connectivity index (χ2n) is 12.0. The summed E-state index contributed by atoms with van der Waals surface area (Å²) in [6, 6.07) is 60.9. The van der Waals surface area contributed by atoms with Crippen LogP contribution in [-0.4, -0.2) is 4.57 Å². The lowest BCUT2D eigenvalue weighted by atomic mass is 9.83. The van der Waals surface area contributed by atoms with Gasteiger partial charge in [0.2, 0.25) is 0 Å². The fourth-order valence-electron chi connectivity index (χ4n) is 7.61. The number of rotatable bonds is 4. The molecule has 0 N–H and O–H groups in total. The summed E-state index contributed by atoms with van der Waals surface area (Å²) in [5.41, 5.74) is 15.0. The second-order valence-corrected chi connectivity index (χ2v) is 12.0. The minimum atomic E-state index is 0.102. The molecule has 1 aliphatic carbocycles. The van der Waals surface area contributed by atoms with Gasteiger partial charge >= 0.3 is 0 Å².